The van der Waals surface area contributed by atoms with Gasteiger partial charge in [-0.2, -0.15) is 0 Å². The number of hydrogen-bond acceptors (Lipinski definition) is 6. The van der Waals surface area contributed by atoms with Gasteiger partial charge in [0.1, 0.15) is 5.41 Å². The van der Waals surface area contributed by atoms with Crippen molar-refractivity contribution in [3.63, 3.8) is 0 Å². The Kier molecular flexibility index (Phi) is 3.94. The first-order chi connectivity index (χ1) is 12.8. The maximum absolute atomic E-state index is 13.2. The first-order valence-electron chi connectivity index (χ1n) is 8.37. The smallest absolute Gasteiger partial charge is 0.314 e. The quantitative estimate of drug-likeness (QED) is 0.800. The third kappa shape index (κ3) is 2.51. The Hall–Kier alpha value is -2.58. The zero-order valence-corrected chi connectivity index (χ0v) is 15.3. The molecule has 1 heterocycles. The van der Waals surface area contributed by atoms with Crippen molar-refractivity contribution in [3.05, 3.63) is 53.6 Å². The van der Waals surface area contributed by atoms with E-state index in [0.29, 0.717) is 17.1 Å². The molecule has 0 unspecified atom stereocenters. The number of carboxylic acids is 1. The number of aliphatic hydroxyl groups excluding tert-OH is 1. The summed E-state index contributed by atoms with van der Waals surface area (Å²) < 4.78 is 36.9. The molecule has 7 nitrogen and oxygen atoms in total. The van der Waals surface area contributed by atoms with Gasteiger partial charge in [-0.05, 0) is 36.8 Å². The molecule has 2 N–H and O–H groups in total. The number of aliphatic hydroxyl groups is 1. The van der Waals surface area contributed by atoms with Gasteiger partial charge in [0.2, 0.25) is 6.79 Å². The van der Waals surface area contributed by atoms with Gasteiger partial charge < -0.3 is 19.7 Å². The fourth-order valence-corrected chi connectivity index (χ4v) is 6.19. The van der Waals surface area contributed by atoms with E-state index in [1.54, 1.807) is 30.3 Å². The van der Waals surface area contributed by atoms with Crippen LogP contribution in [-0.2, 0) is 14.6 Å². The minimum atomic E-state index is -3.97. The topological polar surface area (TPSA) is 110 Å². The minimum absolute atomic E-state index is 0.0421. The highest BCUT2D eigenvalue weighted by atomic mass is 32.2. The van der Waals surface area contributed by atoms with Gasteiger partial charge in [0, 0.05) is 5.92 Å². The van der Waals surface area contributed by atoms with Gasteiger partial charge in [0.05, 0.1) is 16.8 Å². The molecular formula is C19H18O7S. The van der Waals surface area contributed by atoms with E-state index in [1.807, 2.05) is 6.92 Å². The number of ether oxygens (including phenoxy) is 2. The SMILES string of the molecule is Cc1ccc(S(=O)(=O)[C@@H]2[C@H](c3ccc4c(c3)OCO4)[C@]2(CO)C(=O)O)cc1. The second-order valence-corrected chi connectivity index (χ2v) is 8.94. The lowest BCUT2D eigenvalue weighted by atomic mass is 10.00. The van der Waals surface area contributed by atoms with Gasteiger partial charge in [-0.1, -0.05) is 23.8 Å². The van der Waals surface area contributed by atoms with Crippen LogP contribution in [0.2, 0.25) is 0 Å². The molecule has 0 amide bonds. The Morgan fingerprint density at radius 1 is 1.15 bits per heavy atom. The van der Waals surface area contributed by atoms with E-state index in [4.69, 9.17) is 9.47 Å². The second kappa shape index (κ2) is 5.97. The Bertz CT molecular complexity index is 1010. The van der Waals surface area contributed by atoms with Gasteiger partial charge in [0.15, 0.2) is 21.3 Å². The third-order valence-corrected chi connectivity index (χ3v) is 7.65. The number of aryl methyl sites for hydroxylation is 1. The van der Waals surface area contributed by atoms with Crippen LogP contribution >= 0.6 is 0 Å². The molecule has 4 rings (SSSR count). The fraction of sp³-hybridized carbons (Fsp3) is 0.316. The molecule has 2 aliphatic rings. The molecule has 2 aromatic carbocycles. The van der Waals surface area contributed by atoms with Crippen LogP contribution in [0, 0.1) is 12.3 Å². The van der Waals surface area contributed by atoms with E-state index in [9.17, 15) is 23.4 Å². The van der Waals surface area contributed by atoms with Crippen molar-refractivity contribution in [2.75, 3.05) is 13.4 Å². The zero-order valence-electron chi connectivity index (χ0n) is 14.5. The second-order valence-electron chi connectivity index (χ2n) is 6.87. The molecule has 1 fully saturated rings. The number of fused-ring (bicyclic) bond motifs is 1. The number of hydrogen-bond donors (Lipinski definition) is 2. The molecule has 0 spiro atoms. The van der Waals surface area contributed by atoms with Gasteiger partial charge in [-0.25, -0.2) is 8.42 Å². The Morgan fingerprint density at radius 2 is 1.81 bits per heavy atom. The highest BCUT2D eigenvalue weighted by Gasteiger charge is 2.75. The summed E-state index contributed by atoms with van der Waals surface area (Å²) in [7, 11) is -3.97. The summed E-state index contributed by atoms with van der Waals surface area (Å²) in [5, 5.41) is 18.4. The van der Waals surface area contributed by atoms with Gasteiger partial charge in [-0.3, -0.25) is 4.79 Å². The molecule has 0 aromatic heterocycles. The number of sulfone groups is 1. The summed E-state index contributed by atoms with van der Waals surface area (Å²) in [5.41, 5.74) is -0.419. The highest BCUT2D eigenvalue weighted by molar-refractivity contribution is 7.92. The largest absolute Gasteiger partial charge is 0.481 e. The van der Waals surface area contributed by atoms with Crippen LogP contribution in [-0.4, -0.2) is 43.2 Å². The fourth-order valence-electron chi connectivity index (χ4n) is 3.82. The van der Waals surface area contributed by atoms with Crippen molar-refractivity contribution in [1.82, 2.24) is 0 Å². The monoisotopic (exact) mass is 390 g/mol. The number of aliphatic carboxylic acids is 1. The summed E-state index contributed by atoms with van der Waals surface area (Å²) in [6, 6.07) is 11.1. The Balaban J connectivity index is 1.80. The Morgan fingerprint density at radius 3 is 2.44 bits per heavy atom. The lowest BCUT2D eigenvalue weighted by Crippen LogP contribution is -2.27. The van der Waals surface area contributed by atoms with Crippen LogP contribution in [0.15, 0.2) is 47.4 Å². The molecule has 1 aliphatic carbocycles. The predicted octanol–water partition coefficient (Wildman–Crippen LogP) is 1.73. The van der Waals surface area contributed by atoms with Crippen LogP contribution in [0.3, 0.4) is 0 Å². The average molecular weight is 390 g/mol. The van der Waals surface area contributed by atoms with E-state index < -0.39 is 39.0 Å². The van der Waals surface area contributed by atoms with Crippen molar-refractivity contribution in [2.45, 2.75) is 23.0 Å². The summed E-state index contributed by atoms with van der Waals surface area (Å²) in [5.74, 6) is -1.28. The molecule has 1 aliphatic heterocycles. The van der Waals surface area contributed by atoms with Crippen LogP contribution < -0.4 is 9.47 Å². The van der Waals surface area contributed by atoms with Crippen LogP contribution in [0.25, 0.3) is 0 Å². The van der Waals surface area contributed by atoms with Crippen molar-refractivity contribution < 1.29 is 32.9 Å². The standard InChI is InChI=1S/C19H18O7S/c1-11-2-5-13(6-3-11)27(23,24)17-16(19(17,9-20)18(21)22)12-4-7-14-15(8-12)26-10-25-14/h2-8,16-17,20H,9-10H2,1H3,(H,21,22)/t16-,17+,19-/m0/s1. The van der Waals surface area contributed by atoms with Crippen molar-refractivity contribution in [3.8, 4) is 11.5 Å². The first-order valence-corrected chi connectivity index (χ1v) is 9.91. The normalized spacial score (nSPS) is 26.0. The molecule has 0 bridgehead atoms. The van der Waals surface area contributed by atoms with E-state index in [-0.39, 0.29) is 11.7 Å². The van der Waals surface area contributed by atoms with Crippen LogP contribution in [0.4, 0.5) is 0 Å². The van der Waals surface area contributed by atoms with Crippen molar-refractivity contribution >= 4 is 15.8 Å². The molecule has 0 radical (unpaired) electrons. The predicted molar refractivity (Wildman–Crippen MR) is 94.6 cm³/mol. The maximum Gasteiger partial charge on any atom is 0.314 e. The lowest BCUT2D eigenvalue weighted by molar-refractivity contribution is -0.145. The minimum Gasteiger partial charge on any atom is -0.481 e. The molecule has 8 heteroatoms. The molecule has 3 atom stereocenters. The summed E-state index contributed by atoms with van der Waals surface area (Å²) in [6.45, 7) is 1.11. The van der Waals surface area contributed by atoms with E-state index in [0.717, 1.165) is 5.56 Å². The third-order valence-electron chi connectivity index (χ3n) is 5.36. The van der Waals surface area contributed by atoms with E-state index in [2.05, 4.69) is 0 Å². The summed E-state index contributed by atoms with van der Waals surface area (Å²) in [4.78, 5) is 12.0. The van der Waals surface area contributed by atoms with Crippen LogP contribution in [0.1, 0.15) is 17.0 Å². The molecule has 142 valence electrons. The van der Waals surface area contributed by atoms with E-state index >= 15 is 0 Å². The number of benzene rings is 2. The summed E-state index contributed by atoms with van der Waals surface area (Å²) >= 11 is 0. The van der Waals surface area contributed by atoms with Gasteiger partial charge >= 0.3 is 5.97 Å². The van der Waals surface area contributed by atoms with Gasteiger partial charge in [-0.15, -0.1) is 0 Å². The van der Waals surface area contributed by atoms with Gasteiger partial charge in [0.25, 0.3) is 0 Å². The molecule has 27 heavy (non-hydrogen) atoms. The molecular weight excluding hydrogens is 372 g/mol. The average Bonchev–Trinajstić information content (AvgIpc) is 3.15. The number of carbonyl (C=O) groups is 1. The molecule has 0 saturated heterocycles. The Labute approximate surface area is 156 Å². The zero-order chi connectivity index (χ0) is 19.4. The van der Waals surface area contributed by atoms with Crippen LogP contribution in [0.5, 0.6) is 11.5 Å². The molecule has 2 aromatic rings. The van der Waals surface area contributed by atoms with E-state index in [1.165, 1.54) is 12.1 Å². The van der Waals surface area contributed by atoms with Crippen molar-refractivity contribution in [2.24, 2.45) is 5.41 Å². The maximum atomic E-state index is 13.2. The number of carboxylic acid groups (broad SMARTS) is 1. The number of rotatable bonds is 5. The highest BCUT2D eigenvalue weighted by Crippen LogP contribution is 2.64. The lowest BCUT2D eigenvalue weighted by Gasteiger charge is -2.10. The first kappa shape index (κ1) is 17.8. The molecule has 1 saturated carbocycles. The summed E-state index contributed by atoms with van der Waals surface area (Å²) in [6.07, 6.45) is 0. The van der Waals surface area contributed by atoms with Crippen molar-refractivity contribution in [1.29, 1.82) is 0 Å².